The van der Waals surface area contributed by atoms with Crippen molar-refractivity contribution in [2.75, 3.05) is 13.1 Å². The molecule has 0 bridgehead atoms. The van der Waals surface area contributed by atoms with Crippen LogP contribution in [0.15, 0.2) is 33.3 Å². The van der Waals surface area contributed by atoms with Gasteiger partial charge in [-0.15, -0.1) is 0 Å². The molecule has 3 rings (SSSR count). The first-order valence-corrected chi connectivity index (χ1v) is 7.72. The third-order valence-electron chi connectivity index (χ3n) is 4.26. The Labute approximate surface area is 127 Å². The van der Waals surface area contributed by atoms with Gasteiger partial charge in [-0.25, -0.2) is 0 Å². The predicted octanol–water partition coefficient (Wildman–Crippen LogP) is 3.39. The van der Waals surface area contributed by atoms with Crippen LogP contribution in [0.25, 0.3) is 11.4 Å². The maximum atomic E-state index is 5.60. The summed E-state index contributed by atoms with van der Waals surface area (Å²) in [6, 6.07) is 7.94. The van der Waals surface area contributed by atoms with Gasteiger partial charge in [-0.1, -0.05) is 47.1 Å². The fourth-order valence-corrected chi connectivity index (χ4v) is 3.27. The van der Waals surface area contributed by atoms with E-state index in [-0.39, 0.29) is 5.41 Å². The van der Waals surface area contributed by atoms with Crippen molar-refractivity contribution in [2.45, 2.75) is 25.7 Å². The summed E-state index contributed by atoms with van der Waals surface area (Å²) in [5.41, 5.74) is 0.930. The Morgan fingerprint density at radius 1 is 1.35 bits per heavy atom. The van der Waals surface area contributed by atoms with Gasteiger partial charge >= 0.3 is 0 Å². The molecule has 0 saturated carbocycles. The van der Waals surface area contributed by atoms with Gasteiger partial charge in [0, 0.05) is 16.6 Å². The average molecular weight is 336 g/mol. The van der Waals surface area contributed by atoms with Crippen molar-refractivity contribution in [3.05, 3.63) is 34.6 Å². The van der Waals surface area contributed by atoms with Crippen LogP contribution in [0.1, 0.15) is 26.2 Å². The van der Waals surface area contributed by atoms with Gasteiger partial charge in [-0.2, -0.15) is 4.98 Å². The molecule has 2 aromatic rings. The van der Waals surface area contributed by atoms with E-state index >= 15 is 0 Å². The molecular weight excluding hydrogens is 318 g/mol. The number of hydrogen-bond donors (Lipinski definition) is 1. The SMILES string of the molecule is CC(C)C1(c2nc(-c3ccccc3Br)no2)CCNC1. The van der Waals surface area contributed by atoms with Crippen LogP contribution in [0.5, 0.6) is 0 Å². The van der Waals surface area contributed by atoms with Crippen molar-refractivity contribution in [2.24, 2.45) is 5.92 Å². The lowest BCUT2D eigenvalue weighted by Crippen LogP contribution is -2.35. The first-order valence-electron chi connectivity index (χ1n) is 6.93. The van der Waals surface area contributed by atoms with Crippen molar-refractivity contribution in [3.8, 4) is 11.4 Å². The highest BCUT2D eigenvalue weighted by molar-refractivity contribution is 9.10. The number of aromatic nitrogens is 2. The highest BCUT2D eigenvalue weighted by Gasteiger charge is 2.43. The summed E-state index contributed by atoms with van der Waals surface area (Å²) in [5, 5.41) is 7.59. The number of rotatable bonds is 3. The minimum absolute atomic E-state index is 0.0352. The van der Waals surface area contributed by atoms with Crippen molar-refractivity contribution in [1.29, 1.82) is 0 Å². The molecule has 1 aliphatic heterocycles. The summed E-state index contributed by atoms with van der Waals surface area (Å²) in [4.78, 5) is 4.67. The first-order chi connectivity index (χ1) is 9.63. The molecule has 1 saturated heterocycles. The monoisotopic (exact) mass is 335 g/mol. The third kappa shape index (κ3) is 2.19. The topological polar surface area (TPSA) is 51.0 Å². The summed E-state index contributed by atoms with van der Waals surface area (Å²) < 4.78 is 6.58. The van der Waals surface area contributed by atoms with Crippen LogP contribution in [-0.4, -0.2) is 23.2 Å². The van der Waals surface area contributed by atoms with Gasteiger partial charge in [0.05, 0.1) is 5.41 Å². The summed E-state index contributed by atoms with van der Waals surface area (Å²) >= 11 is 3.53. The Kier molecular flexibility index (Phi) is 3.65. The lowest BCUT2D eigenvalue weighted by atomic mass is 9.76. The number of nitrogens with one attached hydrogen (secondary N) is 1. The molecule has 1 N–H and O–H groups in total. The van der Waals surface area contributed by atoms with Crippen LogP contribution in [-0.2, 0) is 5.41 Å². The maximum absolute atomic E-state index is 5.60. The fourth-order valence-electron chi connectivity index (χ4n) is 2.81. The lowest BCUT2D eigenvalue weighted by Gasteiger charge is -2.28. The van der Waals surface area contributed by atoms with E-state index < -0.39 is 0 Å². The van der Waals surface area contributed by atoms with Gasteiger partial charge in [0.25, 0.3) is 0 Å². The zero-order valence-corrected chi connectivity index (χ0v) is 13.3. The molecule has 106 valence electrons. The van der Waals surface area contributed by atoms with Gasteiger partial charge in [0.2, 0.25) is 11.7 Å². The Morgan fingerprint density at radius 2 is 2.15 bits per heavy atom. The molecular formula is C15H18BrN3O. The van der Waals surface area contributed by atoms with Gasteiger partial charge in [0.1, 0.15) is 0 Å². The Bertz CT molecular complexity index is 603. The minimum Gasteiger partial charge on any atom is -0.338 e. The smallest absolute Gasteiger partial charge is 0.234 e. The van der Waals surface area contributed by atoms with Gasteiger partial charge in [0.15, 0.2) is 0 Å². The zero-order valence-electron chi connectivity index (χ0n) is 11.7. The molecule has 0 spiro atoms. The van der Waals surface area contributed by atoms with E-state index in [0.717, 1.165) is 35.4 Å². The van der Waals surface area contributed by atoms with Crippen molar-refractivity contribution < 1.29 is 4.52 Å². The molecule has 1 unspecified atom stereocenters. The van der Waals surface area contributed by atoms with Gasteiger partial charge in [-0.3, -0.25) is 0 Å². The molecule has 20 heavy (non-hydrogen) atoms. The minimum atomic E-state index is -0.0352. The van der Waals surface area contributed by atoms with Crippen LogP contribution in [0.3, 0.4) is 0 Å². The molecule has 1 aromatic heterocycles. The Balaban J connectivity index is 2.00. The normalized spacial score (nSPS) is 22.6. The van der Waals surface area contributed by atoms with Crippen molar-refractivity contribution in [3.63, 3.8) is 0 Å². The molecule has 0 aliphatic carbocycles. The Hall–Kier alpha value is -1.20. The molecule has 1 aromatic carbocycles. The second-order valence-electron chi connectivity index (χ2n) is 5.64. The third-order valence-corrected chi connectivity index (χ3v) is 4.95. The number of halogens is 1. The largest absolute Gasteiger partial charge is 0.338 e. The standard InChI is InChI=1S/C15H18BrN3O/c1-10(2)15(7-8-17-9-15)14-18-13(19-20-14)11-5-3-4-6-12(11)16/h3-6,10,17H,7-9H2,1-2H3. The first kappa shape index (κ1) is 13.8. The van der Waals surface area contributed by atoms with Crippen LogP contribution < -0.4 is 5.32 Å². The highest BCUT2D eigenvalue weighted by atomic mass is 79.9. The number of benzene rings is 1. The predicted molar refractivity (Wildman–Crippen MR) is 81.4 cm³/mol. The maximum Gasteiger partial charge on any atom is 0.234 e. The van der Waals surface area contributed by atoms with E-state index in [1.807, 2.05) is 24.3 Å². The van der Waals surface area contributed by atoms with Crippen LogP contribution in [0.2, 0.25) is 0 Å². The van der Waals surface area contributed by atoms with Crippen molar-refractivity contribution >= 4 is 15.9 Å². The van der Waals surface area contributed by atoms with E-state index in [4.69, 9.17) is 4.52 Å². The van der Waals surface area contributed by atoms with E-state index in [1.165, 1.54) is 0 Å². The van der Waals surface area contributed by atoms with Crippen LogP contribution in [0, 0.1) is 5.92 Å². The van der Waals surface area contributed by atoms with E-state index in [0.29, 0.717) is 11.7 Å². The van der Waals surface area contributed by atoms with E-state index in [9.17, 15) is 0 Å². The molecule has 1 fully saturated rings. The summed E-state index contributed by atoms with van der Waals surface area (Å²) in [6.45, 7) is 6.35. The molecule has 0 radical (unpaired) electrons. The van der Waals surface area contributed by atoms with Gasteiger partial charge < -0.3 is 9.84 Å². The van der Waals surface area contributed by atoms with Crippen molar-refractivity contribution in [1.82, 2.24) is 15.5 Å². The molecule has 0 amide bonds. The lowest BCUT2D eigenvalue weighted by molar-refractivity contribution is 0.234. The quantitative estimate of drug-likeness (QED) is 0.934. The zero-order chi connectivity index (χ0) is 14.2. The average Bonchev–Trinajstić information content (AvgIpc) is 3.09. The summed E-state index contributed by atoms with van der Waals surface area (Å²) in [6.07, 6.45) is 1.04. The van der Waals surface area contributed by atoms with Crippen LogP contribution in [0.4, 0.5) is 0 Å². The molecule has 1 atom stereocenters. The van der Waals surface area contributed by atoms with Crippen LogP contribution >= 0.6 is 15.9 Å². The summed E-state index contributed by atoms with van der Waals surface area (Å²) in [5.74, 6) is 1.87. The Morgan fingerprint density at radius 3 is 2.80 bits per heavy atom. The molecule has 2 heterocycles. The highest BCUT2D eigenvalue weighted by Crippen LogP contribution is 2.38. The molecule has 4 nitrogen and oxygen atoms in total. The van der Waals surface area contributed by atoms with Gasteiger partial charge in [-0.05, 0) is 31.0 Å². The second-order valence-corrected chi connectivity index (χ2v) is 6.49. The number of hydrogen-bond acceptors (Lipinski definition) is 4. The van der Waals surface area contributed by atoms with E-state index in [1.54, 1.807) is 0 Å². The number of nitrogens with zero attached hydrogens (tertiary/aromatic N) is 2. The second kappa shape index (κ2) is 5.30. The molecule has 1 aliphatic rings. The fraction of sp³-hybridized carbons (Fsp3) is 0.467. The summed E-state index contributed by atoms with van der Waals surface area (Å²) in [7, 11) is 0. The van der Waals surface area contributed by atoms with E-state index in [2.05, 4.69) is 45.2 Å². The molecule has 5 heteroatoms.